The minimum Gasteiger partial charge on any atom is -0.481 e. The molecule has 2 rings (SSSR count). The number of hydrogen-bond donors (Lipinski definition) is 2. The second-order valence-corrected chi connectivity index (χ2v) is 6.13. The molecule has 0 bridgehead atoms. The number of carboxylic acid groups (broad SMARTS) is 1. The average molecular weight is 320 g/mol. The highest BCUT2D eigenvalue weighted by atomic mass is 16.5. The van der Waals surface area contributed by atoms with Gasteiger partial charge in [-0.15, -0.1) is 0 Å². The van der Waals surface area contributed by atoms with E-state index < -0.39 is 17.4 Å². The number of amides is 1. The first-order valence-electron chi connectivity index (χ1n) is 7.24. The van der Waals surface area contributed by atoms with Gasteiger partial charge >= 0.3 is 5.97 Å². The lowest BCUT2D eigenvalue weighted by Crippen LogP contribution is -2.43. The molecule has 8 heteroatoms. The van der Waals surface area contributed by atoms with Gasteiger partial charge in [-0.3, -0.25) is 14.3 Å². The van der Waals surface area contributed by atoms with Crippen molar-refractivity contribution < 1.29 is 19.2 Å². The van der Waals surface area contributed by atoms with Crippen LogP contribution < -0.4 is 5.32 Å². The highest BCUT2D eigenvalue weighted by Gasteiger charge is 2.24. The van der Waals surface area contributed by atoms with Crippen molar-refractivity contribution in [2.45, 2.75) is 45.7 Å². The van der Waals surface area contributed by atoms with E-state index in [4.69, 9.17) is 9.63 Å². The third-order valence-corrected chi connectivity index (χ3v) is 3.29. The van der Waals surface area contributed by atoms with Gasteiger partial charge in [0.1, 0.15) is 6.54 Å². The number of aliphatic carboxylic acids is 1. The Balaban J connectivity index is 1.96. The van der Waals surface area contributed by atoms with Crippen molar-refractivity contribution in [1.29, 1.82) is 0 Å². The zero-order chi connectivity index (χ0) is 17.0. The van der Waals surface area contributed by atoms with E-state index in [0.717, 1.165) is 5.56 Å². The maximum atomic E-state index is 12.2. The second-order valence-electron chi connectivity index (χ2n) is 6.13. The van der Waals surface area contributed by atoms with Crippen molar-refractivity contribution in [1.82, 2.24) is 20.3 Å². The van der Waals surface area contributed by atoms with Gasteiger partial charge in [0.25, 0.3) is 5.91 Å². The summed E-state index contributed by atoms with van der Waals surface area (Å²) in [6.45, 7) is 5.85. The number of aryl methyl sites for hydroxylation is 1. The average Bonchev–Trinajstić information content (AvgIpc) is 3.06. The van der Waals surface area contributed by atoms with Crippen LogP contribution in [0.5, 0.6) is 0 Å². The Morgan fingerprint density at radius 3 is 2.78 bits per heavy atom. The molecule has 2 aromatic rings. The highest BCUT2D eigenvalue weighted by Crippen LogP contribution is 2.13. The van der Waals surface area contributed by atoms with E-state index in [0.29, 0.717) is 18.7 Å². The standard InChI is InChI=1S/C15H20N4O4/c1-10-7-16-19(8-10)9-11-6-12(18-23-11)14(22)17-15(2,3)5-4-13(20)21/h6-8H,4-5,9H2,1-3H3,(H,17,22)(H,20,21). The number of carbonyl (C=O) groups excluding carboxylic acids is 1. The predicted molar refractivity (Wildman–Crippen MR) is 81.0 cm³/mol. The molecule has 124 valence electrons. The van der Waals surface area contributed by atoms with Crippen LogP contribution in [0, 0.1) is 6.92 Å². The van der Waals surface area contributed by atoms with E-state index in [1.54, 1.807) is 30.8 Å². The van der Waals surface area contributed by atoms with Crippen LogP contribution in [0.3, 0.4) is 0 Å². The Kier molecular flexibility index (Phi) is 4.83. The van der Waals surface area contributed by atoms with Gasteiger partial charge in [0.2, 0.25) is 0 Å². The maximum absolute atomic E-state index is 12.2. The second kappa shape index (κ2) is 6.64. The Morgan fingerprint density at radius 2 is 2.17 bits per heavy atom. The lowest BCUT2D eigenvalue weighted by molar-refractivity contribution is -0.137. The molecule has 0 aliphatic rings. The van der Waals surface area contributed by atoms with E-state index in [1.165, 1.54) is 0 Å². The topological polar surface area (TPSA) is 110 Å². The Bertz CT molecular complexity index is 702. The third-order valence-electron chi connectivity index (χ3n) is 3.29. The summed E-state index contributed by atoms with van der Waals surface area (Å²) in [6.07, 6.45) is 3.90. The number of carboxylic acids is 1. The molecule has 0 saturated heterocycles. The van der Waals surface area contributed by atoms with E-state index in [-0.39, 0.29) is 12.1 Å². The molecule has 0 aliphatic carbocycles. The summed E-state index contributed by atoms with van der Waals surface area (Å²) in [5.74, 6) is -0.779. The summed E-state index contributed by atoms with van der Waals surface area (Å²) in [6, 6.07) is 1.56. The number of rotatable bonds is 7. The van der Waals surface area contributed by atoms with Crippen LogP contribution in [0.1, 0.15) is 48.5 Å². The Labute approximate surface area is 133 Å². The summed E-state index contributed by atoms with van der Waals surface area (Å²) >= 11 is 0. The fraction of sp³-hybridized carbons (Fsp3) is 0.467. The first kappa shape index (κ1) is 16.7. The van der Waals surface area contributed by atoms with Gasteiger partial charge < -0.3 is 14.9 Å². The molecule has 2 N–H and O–H groups in total. The molecule has 0 radical (unpaired) electrons. The van der Waals surface area contributed by atoms with Crippen LogP contribution in [0.4, 0.5) is 0 Å². The molecule has 0 fully saturated rings. The van der Waals surface area contributed by atoms with Crippen molar-refractivity contribution in [3.05, 3.63) is 35.5 Å². The van der Waals surface area contributed by atoms with Gasteiger partial charge in [-0.1, -0.05) is 5.16 Å². The van der Waals surface area contributed by atoms with Gasteiger partial charge in [-0.2, -0.15) is 5.10 Å². The summed E-state index contributed by atoms with van der Waals surface area (Å²) in [5.41, 5.74) is 0.545. The molecule has 0 saturated carbocycles. The summed E-state index contributed by atoms with van der Waals surface area (Å²) in [5, 5.41) is 19.4. The van der Waals surface area contributed by atoms with Gasteiger partial charge in [-0.05, 0) is 32.8 Å². The normalized spacial score (nSPS) is 11.4. The van der Waals surface area contributed by atoms with Crippen LogP contribution in [0.25, 0.3) is 0 Å². The zero-order valence-electron chi connectivity index (χ0n) is 13.4. The molecule has 0 aliphatic heterocycles. The van der Waals surface area contributed by atoms with E-state index in [2.05, 4.69) is 15.6 Å². The van der Waals surface area contributed by atoms with Gasteiger partial charge in [-0.25, -0.2) is 0 Å². The minimum absolute atomic E-state index is 0.0179. The predicted octanol–water partition coefficient (Wildman–Crippen LogP) is 1.60. The Hall–Kier alpha value is -2.64. The van der Waals surface area contributed by atoms with Crippen molar-refractivity contribution >= 4 is 11.9 Å². The van der Waals surface area contributed by atoms with Gasteiger partial charge in [0.05, 0.1) is 6.20 Å². The first-order valence-corrected chi connectivity index (χ1v) is 7.24. The largest absolute Gasteiger partial charge is 0.481 e. The van der Waals surface area contributed by atoms with E-state index in [1.807, 2.05) is 13.1 Å². The molecule has 0 spiro atoms. The quantitative estimate of drug-likeness (QED) is 0.801. The molecule has 0 aromatic carbocycles. The van der Waals surface area contributed by atoms with Crippen molar-refractivity contribution in [2.24, 2.45) is 0 Å². The molecular formula is C15H20N4O4. The monoisotopic (exact) mass is 320 g/mol. The fourth-order valence-corrected chi connectivity index (χ4v) is 2.06. The number of aromatic nitrogens is 3. The van der Waals surface area contributed by atoms with Gasteiger partial charge in [0, 0.05) is 24.2 Å². The first-order chi connectivity index (χ1) is 10.7. The Morgan fingerprint density at radius 1 is 1.43 bits per heavy atom. The zero-order valence-corrected chi connectivity index (χ0v) is 13.4. The smallest absolute Gasteiger partial charge is 0.303 e. The van der Waals surface area contributed by atoms with Crippen molar-refractivity contribution in [3.8, 4) is 0 Å². The molecule has 2 heterocycles. The van der Waals surface area contributed by atoms with Gasteiger partial charge in [0.15, 0.2) is 11.5 Å². The van der Waals surface area contributed by atoms with Crippen LogP contribution >= 0.6 is 0 Å². The molecule has 8 nitrogen and oxygen atoms in total. The maximum Gasteiger partial charge on any atom is 0.303 e. The SMILES string of the molecule is Cc1cnn(Cc2cc(C(=O)NC(C)(C)CCC(=O)O)no2)c1. The summed E-state index contributed by atoms with van der Waals surface area (Å²) < 4.78 is 6.83. The molecular weight excluding hydrogens is 300 g/mol. The molecule has 0 atom stereocenters. The lowest BCUT2D eigenvalue weighted by Gasteiger charge is -2.24. The highest BCUT2D eigenvalue weighted by molar-refractivity contribution is 5.92. The van der Waals surface area contributed by atoms with Crippen LogP contribution in [-0.4, -0.2) is 37.5 Å². The van der Waals surface area contributed by atoms with Crippen LogP contribution in [0.15, 0.2) is 23.0 Å². The van der Waals surface area contributed by atoms with Crippen LogP contribution in [-0.2, 0) is 11.3 Å². The minimum atomic E-state index is -0.898. The van der Waals surface area contributed by atoms with E-state index in [9.17, 15) is 9.59 Å². The van der Waals surface area contributed by atoms with Crippen molar-refractivity contribution in [3.63, 3.8) is 0 Å². The lowest BCUT2D eigenvalue weighted by atomic mass is 9.98. The van der Waals surface area contributed by atoms with Crippen molar-refractivity contribution in [2.75, 3.05) is 0 Å². The number of nitrogens with zero attached hydrogens (tertiary/aromatic N) is 3. The van der Waals surface area contributed by atoms with E-state index >= 15 is 0 Å². The number of carbonyl (C=O) groups is 2. The van der Waals surface area contributed by atoms with Crippen LogP contribution in [0.2, 0.25) is 0 Å². The molecule has 0 unspecified atom stereocenters. The molecule has 2 aromatic heterocycles. The number of hydrogen-bond acceptors (Lipinski definition) is 5. The number of nitrogens with one attached hydrogen (secondary N) is 1. The fourth-order valence-electron chi connectivity index (χ4n) is 2.06. The summed E-state index contributed by atoms with van der Waals surface area (Å²) in [4.78, 5) is 22.8. The summed E-state index contributed by atoms with van der Waals surface area (Å²) in [7, 11) is 0. The molecule has 1 amide bonds. The third kappa shape index (κ3) is 4.94. The molecule has 23 heavy (non-hydrogen) atoms.